The summed E-state index contributed by atoms with van der Waals surface area (Å²) in [5.41, 5.74) is 11.0. The van der Waals surface area contributed by atoms with Crippen molar-refractivity contribution >= 4 is 56.6 Å². The van der Waals surface area contributed by atoms with Crippen molar-refractivity contribution in [1.29, 1.82) is 0 Å². The van der Waals surface area contributed by atoms with Crippen LogP contribution in [0.2, 0.25) is 0 Å². The summed E-state index contributed by atoms with van der Waals surface area (Å²) in [6.45, 7) is 11.4. The van der Waals surface area contributed by atoms with Crippen LogP contribution in [0.4, 0.5) is 45.5 Å². The van der Waals surface area contributed by atoms with Gasteiger partial charge in [0.25, 0.3) is 0 Å². The van der Waals surface area contributed by atoms with Gasteiger partial charge in [-0.1, -0.05) is 58.9 Å². The highest BCUT2D eigenvalue weighted by Crippen LogP contribution is 2.43. The zero-order chi connectivity index (χ0) is 51.2. The van der Waals surface area contributed by atoms with Crippen LogP contribution < -0.4 is 38.9 Å². The van der Waals surface area contributed by atoms with Crippen molar-refractivity contribution < 1.29 is 29.4 Å². The van der Waals surface area contributed by atoms with Gasteiger partial charge in [-0.25, -0.2) is 10.1 Å². The van der Waals surface area contributed by atoms with E-state index < -0.39 is 11.1 Å². The van der Waals surface area contributed by atoms with Crippen LogP contribution in [0.5, 0.6) is 23.0 Å². The summed E-state index contributed by atoms with van der Waals surface area (Å²) in [4.78, 5) is 4.38. The summed E-state index contributed by atoms with van der Waals surface area (Å²) in [7, 11) is 6.65. The molecule has 8 rings (SSSR count). The van der Waals surface area contributed by atoms with Gasteiger partial charge >= 0.3 is 0 Å². The van der Waals surface area contributed by atoms with Gasteiger partial charge in [-0.15, -0.1) is 0 Å². The largest absolute Gasteiger partial charge is 0.497 e. The molecule has 8 aromatic carbocycles. The quantitative estimate of drug-likeness (QED) is 0.0699. The van der Waals surface area contributed by atoms with Crippen LogP contribution in [0.3, 0.4) is 0 Å². The van der Waals surface area contributed by atoms with Gasteiger partial charge in [0.1, 0.15) is 23.0 Å². The Bertz CT molecular complexity index is 2750. The van der Waals surface area contributed by atoms with E-state index in [1.165, 1.54) is 0 Å². The number of methoxy groups -OCH3 is 4. The van der Waals surface area contributed by atoms with Crippen LogP contribution in [0.15, 0.2) is 194 Å². The summed E-state index contributed by atoms with van der Waals surface area (Å²) < 4.78 is 22.1. The van der Waals surface area contributed by atoms with Crippen LogP contribution in [0.25, 0.3) is 11.1 Å². The first-order valence-electron chi connectivity index (χ1n) is 23.9. The van der Waals surface area contributed by atoms with Crippen molar-refractivity contribution in [2.24, 2.45) is 0 Å². The maximum Gasteiger partial charge on any atom is 0.119 e. The summed E-state index contributed by atoms with van der Waals surface area (Å²) in [6.07, 6.45) is 0. The third-order valence-electron chi connectivity index (χ3n) is 12.4. The second-order valence-corrected chi connectivity index (χ2v) is 19.3. The highest BCUT2D eigenvalue weighted by Gasteiger charge is 2.25. The molecular formula is C62H62N4O6. The summed E-state index contributed by atoms with van der Waals surface area (Å²) >= 11 is 0. The third kappa shape index (κ3) is 11.1. The Morgan fingerprint density at radius 1 is 0.278 bits per heavy atom. The summed E-state index contributed by atoms with van der Waals surface area (Å²) in [5.74, 6) is 3.04. The molecule has 10 heteroatoms. The minimum absolute atomic E-state index is 0.556. The molecule has 0 spiro atoms. The van der Waals surface area contributed by atoms with Crippen molar-refractivity contribution in [3.05, 3.63) is 216 Å². The first-order chi connectivity index (χ1) is 34.6. The average Bonchev–Trinajstić information content (AvgIpc) is 3.41. The van der Waals surface area contributed by atoms with Gasteiger partial charge in [0, 0.05) is 34.1 Å². The molecule has 0 amide bonds. The molecule has 0 saturated heterocycles. The highest BCUT2D eigenvalue weighted by molar-refractivity contribution is 6.05. The fourth-order valence-corrected chi connectivity index (χ4v) is 8.59. The molecule has 0 fully saturated rings. The zero-order valence-corrected chi connectivity index (χ0v) is 42.7. The molecule has 0 aromatic heterocycles. The predicted molar refractivity (Wildman–Crippen MR) is 292 cm³/mol. The number of rotatable bonds is 16. The Morgan fingerprint density at radius 3 is 0.611 bits per heavy atom. The second kappa shape index (κ2) is 21.4. The topological polar surface area (TPSA) is 89.7 Å². The third-order valence-corrected chi connectivity index (χ3v) is 12.4. The standard InChI is InChI=1S/C62H62N4O6/c1-61(2,3)65(67)53-23-15-45(16-24-53)59(43-11-19-47(20-12-43)63(49-27-35-55(69-7)36-28-49)50-29-37-56(70-8)38-30-50)60(46-17-25-54(26-18-46)66(68)62(4,5)6)44-13-21-48(22-14-44)64(51-31-39-57(71-9)40-32-51)52-33-41-58(72-10)42-34-52/h11-42H,1-10H3/b60-59+. The van der Waals surface area contributed by atoms with Crippen LogP contribution in [-0.4, -0.2) is 39.5 Å². The monoisotopic (exact) mass is 958 g/mol. The Hall–Kier alpha value is -8.18. The molecule has 0 aliphatic carbocycles. The van der Waals surface area contributed by atoms with E-state index in [1.54, 1.807) is 28.4 Å². The van der Waals surface area contributed by atoms with Gasteiger partial charge in [-0.2, -0.15) is 0 Å². The minimum atomic E-state index is -0.641. The lowest BCUT2D eigenvalue weighted by molar-refractivity contribution is 0.102. The Labute approximate surface area is 424 Å². The van der Waals surface area contributed by atoms with Crippen molar-refractivity contribution in [1.82, 2.24) is 0 Å². The van der Waals surface area contributed by atoms with Crippen LogP contribution in [0.1, 0.15) is 63.8 Å². The summed E-state index contributed by atoms with van der Waals surface area (Å²) in [6, 6.07) is 64.7. The number of hydroxylamine groups is 2. The fraction of sp³-hybridized carbons (Fsp3) is 0.194. The molecular weight excluding hydrogens is 897 g/mol. The molecule has 0 heterocycles. The first-order valence-corrected chi connectivity index (χ1v) is 23.9. The van der Waals surface area contributed by atoms with E-state index in [1.807, 2.05) is 187 Å². The minimum Gasteiger partial charge on any atom is -0.497 e. The van der Waals surface area contributed by atoms with Crippen molar-refractivity contribution in [3.63, 3.8) is 0 Å². The molecule has 0 aliphatic heterocycles. The molecule has 10 nitrogen and oxygen atoms in total. The van der Waals surface area contributed by atoms with Gasteiger partial charge in [0.2, 0.25) is 0 Å². The van der Waals surface area contributed by atoms with Crippen molar-refractivity contribution in [2.75, 3.05) is 48.4 Å². The molecule has 0 bridgehead atoms. The van der Waals surface area contributed by atoms with Crippen LogP contribution >= 0.6 is 0 Å². The molecule has 0 saturated carbocycles. The van der Waals surface area contributed by atoms with Gasteiger partial charge in [0.15, 0.2) is 0 Å². The number of nitrogens with zero attached hydrogens (tertiary/aromatic N) is 4. The van der Waals surface area contributed by atoms with E-state index in [0.29, 0.717) is 11.4 Å². The number of ether oxygens (including phenoxy) is 4. The Balaban J connectivity index is 1.34. The van der Waals surface area contributed by atoms with E-state index in [-0.39, 0.29) is 0 Å². The lowest BCUT2D eigenvalue weighted by atomic mass is 9.85. The van der Waals surface area contributed by atoms with E-state index in [9.17, 15) is 10.4 Å². The number of anilines is 8. The van der Waals surface area contributed by atoms with Crippen molar-refractivity contribution in [2.45, 2.75) is 52.6 Å². The van der Waals surface area contributed by atoms with Crippen LogP contribution in [0, 0.1) is 0 Å². The predicted octanol–water partition coefficient (Wildman–Crippen LogP) is 15.6. The van der Waals surface area contributed by atoms with E-state index in [0.717, 1.165) is 101 Å². The normalized spacial score (nSPS) is 11.8. The lowest BCUT2D eigenvalue weighted by Gasteiger charge is -2.29. The molecule has 366 valence electrons. The number of hydrogen-bond donors (Lipinski definition) is 0. The van der Waals surface area contributed by atoms with Gasteiger partial charge in [-0.3, -0.25) is 0 Å². The lowest BCUT2D eigenvalue weighted by Crippen LogP contribution is -2.37. The van der Waals surface area contributed by atoms with Gasteiger partial charge in [-0.05, 0) is 221 Å². The number of hydrogen-bond acceptors (Lipinski definition) is 8. The second-order valence-electron chi connectivity index (χ2n) is 19.3. The zero-order valence-electron chi connectivity index (χ0n) is 42.7. The van der Waals surface area contributed by atoms with Gasteiger partial charge < -0.3 is 28.7 Å². The molecule has 0 atom stereocenters. The van der Waals surface area contributed by atoms with E-state index >= 15 is 0 Å². The molecule has 0 N–H and O–H groups in total. The highest BCUT2D eigenvalue weighted by atomic mass is 16.5. The molecule has 2 radical (unpaired) electrons. The number of benzene rings is 8. The Kier molecular flexibility index (Phi) is 15.0. The maximum absolute atomic E-state index is 13.6. The smallest absolute Gasteiger partial charge is 0.119 e. The molecule has 8 aromatic rings. The summed E-state index contributed by atoms with van der Waals surface area (Å²) in [5, 5.41) is 29.2. The maximum atomic E-state index is 13.6. The molecule has 0 aliphatic rings. The van der Waals surface area contributed by atoms with E-state index in [4.69, 9.17) is 18.9 Å². The average molecular weight is 959 g/mol. The Morgan fingerprint density at radius 2 is 0.444 bits per heavy atom. The SMILES string of the molecule is COc1ccc(N(c2ccc(OC)cc2)c2ccc(/C(=C(/c3ccc(N(c4ccc(OC)cc4)c4ccc(OC)cc4)cc3)c3ccc(N([O])C(C)(C)C)cc3)c3ccc(N([O])C(C)(C)C)cc3)cc2)cc1. The van der Waals surface area contributed by atoms with Crippen molar-refractivity contribution in [3.8, 4) is 23.0 Å². The van der Waals surface area contributed by atoms with Gasteiger partial charge in [0.05, 0.1) is 50.9 Å². The fourth-order valence-electron chi connectivity index (χ4n) is 8.59. The van der Waals surface area contributed by atoms with E-state index in [2.05, 4.69) is 58.3 Å². The first kappa shape index (κ1) is 50.2. The van der Waals surface area contributed by atoms with Crippen LogP contribution in [-0.2, 0) is 10.4 Å². The molecule has 72 heavy (non-hydrogen) atoms. The molecule has 0 unspecified atom stereocenters.